The number of aryl methyl sites for hydroxylation is 3. The van der Waals surface area contributed by atoms with Crippen LogP contribution >= 0.6 is 0 Å². The molecule has 0 unspecified atom stereocenters. The second-order valence-corrected chi connectivity index (χ2v) is 7.84. The summed E-state index contributed by atoms with van der Waals surface area (Å²) in [6, 6.07) is 11.1. The average molecular weight is 302 g/mol. The van der Waals surface area contributed by atoms with E-state index in [1.165, 1.54) is 0 Å². The summed E-state index contributed by atoms with van der Waals surface area (Å²) in [7, 11) is -3.46. The first-order valence-electron chi connectivity index (χ1n) is 7.16. The zero-order chi connectivity index (χ0) is 15.8. The van der Waals surface area contributed by atoms with Gasteiger partial charge in [0.25, 0.3) is 0 Å². The second-order valence-electron chi connectivity index (χ2n) is 5.96. The summed E-state index contributed by atoms with van der Waals surface area (Å²) in [6.45, 7) is 9.88. The second kappa shape index (κ2) is 5.64. The van der Waals surface area contributed by atoms with Gasteiger partial charge in [0.05, 0.1) is 9.79 Å². The van der Waals surface area contributed by atoms with Crippen molar-refractivity contribution < 1.29 is 8.42 Å². The van der Waals surface area contributed by atoms with Crippen LogP contribution in [0.15, 0.2) is 46.2 Å². The van der Waals surface area contributed by atoms with Gasteiger partial charge < -0.3 is 0 Å². The highest BCUT2D eigenvalue weighted by atomic mass is 32.2. The maximum Gasteiger partial charge on any atom is 0.207 e. The molecule has 2 aromatic rings. The molecule has 0 saturated heterocycles. The molecule has 0 aliphatic carbocycles. The standard InChI is InChI=1S/C18H22O2S/c1-12(2)16-6-8-17(9-7-16)21(19,20)18-14(4)10-13(3)11-15(18)5/h6-12H,1-5H3. The SMILES string of the molecule is Cc1cc(C)c(S(=O)(=O)c2ccc(C(C)C)cc2)c(C)c1. The summed E-state index contributed by atoms with van der Waals surface area (Å²) in [4.78, 5) is 0.798. The summed E-state index contributed by atoms with van der Waals surface area (Å²) in [5, 5.41) is 0. The van der Waals surface area contributed by atoms with E-state index < -0.39 is 9.84 Å². The van der Waals surface area contributed by atoms with Crippen LogP contribution in [0.4, 0.5) is 0 Å². The number of hydrogen-bond donors (Lipinski definition) is 0. The van der Waals surface area contributed by atoms with Crippen LogP contribution in [0.2, 0.25) is 0 Å². The van der Waals surface area contributed by atoms with Gasteiger partial charge in [-0.15, -0.1) is 0 Å². The first-order chi connectivity index (χ1) is 9.73. The Morgan fingerprint density at radius 2 is 1.33 bits per heavy atom. The summed E-state index contributed by atoms with van der Waals surface area (Å²) < 4.78 is 25.7. The lowest BCUT2D eigenvalue weighted by Gasteiger charge is -2.13. The van der Waals surface area contributed by atoms with Crippen molar-refractivity contribution in [1.29, 1.82) is 0 Å². The normalized spacial score (nSPS) is 11.9. The van der Waals surface area contributed by atoms with Gasteiger partial charge in [0.15, 0.2) is 0 Å². The van der Waals surface area contributed by atoms with E-state index in [0.717, 1.165) is 22.3 Å². The van der Waals surface area contributed by atoms with Crippen LogP contribution in [0.1, 0.15) is 42.0 Å². The average Bonchev–Trinajstić information content (AvgIpc) is 2.37. The Morgan fingerprint density at radius 3 is 1.76 bits per heavy atom. The Kier molecular flexibility index (Phi) is 4.24. The molecule has 0 fully saturated rings. The zero-order valence-corrected chi connectivity index (χ0v) is 14.1. The highest BCUT2D eigenvalue weighted by Crippen LogP contribution is 2.29. The molecule has 0 aliphatic heterocycles. The van der Waals surface area contributed by atoms with Crippen molar-refractivity contribution in [3.8, 4) is 0 Å². The third-order valence-corrected chi connectivity index (χ3v) is 5.80. The van der Waals surface area contributed by atoms with Gasteiger partial charge in [0, 0.05) is 0 Å². The number of benzene rings is 2. The molecule has 0 aliphatic rings. The first-order valence-corrected chi connectivity index (χ1v) is 8.64. The third-order valence-electron chi connectivity index (χ3n) is 3.73. The van der Waals surface area contributed by atoms with Gasteiger partial charge in [-0.2, -0.15) is 0 Å². The first kappa shape index (κ1) is 15.8. The van der Waals surface area contributed by atoms with Crippen LogP contribution in [0.3, 0.4) is 0 Å². The number of sulfone groups is 1. The molecule has 2 rings (SSSR count). The summed E-state index contributed by atoms with van der Waals surface area (Å²) >= 11 is 0. The molecule has 2 nitrogen and oxygen atoms in total. The van der Waals surface area contributed by atoms with Gasteiger partial charge in [-0.05, 0) is 55.5 Å². The van der Waals surface area contributed by atoms with E-state index >= 15 is 0 Å². The minimum Gasteiger partial charge on any atom is -0.218 e. The molecule has 112 valence electrons. The molecular weight excluding hydrogens is 280 g/mol. The van der Waals surface area contributed by atoms with E-state index in [1.54, 1.807) is 12.1 Å². The van der Waals surface area contributed by atoms with Gasteiger partial charge in [0.2, 0.25) is 9.84 Å². The van der Waals surface area contributed by atoms with Crippen LogP contribution in [0, 0.1) is 20.8 Å². The molecule has 0 radical (unpaired) electrons. The molecule has 0 saturated carbocycles. The van der Waals surface area contributed by atoms with E-state index in [1.807, 2.05) is 45.0 Å². The molecule has 0 heterocycles. The van der Waals surface area contributed by atoms with Crippen LogP contribution in [-0.2, 0) is 9.84 Å². The maximum absolute atomic E-state index is 12.9. The predicted molar refractivity (Wildman–Crippen MR) is 86.6 cm³/mol. The molecule has 0 amide bonds. The van der Waals surface area contributed by atoms with Crippen molar-refractivity contribution in [3.05, 3.63) is 58.7 Å². The van der Waals surface area contributed by atoms with Crippen LogP contribution in [0.25, 0.3) is 0 Å². The maximum atomic E-state index is 12.9. The van der Waals surface area contributed by atoms with E-state index in [-0.39, 0.29) is 0 Å². The van der Waals surface area contributed by atoms with Gasteiger partial charge in [-0.3, -0.25) is 0 Å². The van der Waals surface area contributed by atoms with Crippen LogP contribution < -0.4 is 0 Å². The number of hydrogen-bond acceptors (Lipinski definition) is 2. The lowest BCUT2D eigenvalue weighted by atomic mass is 10.0. The smallest absolute Gasteiger partial charge is 0.207 e. The fraction of sp³-hybridized carbons (Fsp3) is 0.333. The van der Waals surface area contributed by atoms with Crippen LogP contribution in [-0.4, -0.2) is 8.42 Å². The van der Waals surface area contributed by atoms with Gasteiger partial charge >= 0.3 is 0 Å². The van der Waals surface area contributed by atoms with Crippen molar-refractivity contribution in [2.45, 2.75) is 50.3 Å². The monoisotopic (exact) mass is 302 g/mol. The van der Waals surface area contributed by atoms with E-state index in [2.05, 4.69) is 13.8 Å². The quantitative estimate of drug-likeness (QED) is 0.832. The van der Waals surface area contributed by atoms with Crippen molar-refractivity contribution in [2.24, 2.45) is 0 Å². The molecule has 2 aromatic carbocycles. The largest absolute Gasteiger partial charge is 0.218 e. The van der Waals surface area contributed by atoms with Gasteiger partial charge in [-0.1, -0.05) is 43.7 Å². The van der Waals surface area contributed by atoms with Crippen LogP contribution in [0.5, 0.6) is 0 Å². The van der Waals surface area contributed by atoms with E-state index in [9.17, 15) is 8.42 Å². The molecule has 3 heteroatoms. The minimum atomic E-state index is -3.46. The molecule has 0 bridgehead atoms. The van der Waals surface area contributed by atoms with Crippen molar-refractivity contribution >= 4 is 9.84 Å². The lowest BCUT2D eigenvalue weighted by Crippen LogP contribution is -2.07. The summed E-state index contributed by atoms with van der Waals surface area (Å²) in [5.41, 5.74) is 3.84. The molecule has 0 spiro atoms. The van der Waals surface area contributed by atoms with E-state index in [4.69, 9.17) is 0 Å². The van der Waals surface area contributed by atoms with E-state index in [0.29, 0.717) is 15.7 Å². The lowest BCUT2D eigenvalue weighted by molar-refractivity contribution is 0.594. The number of rotatable bonds is 3. The van der Waals surface area contributed by atoms with Gasteiger partial charge in [-0.25, -0.2) is 8.42 Å². The molecule has 21 heavy (non-hydrogen) atoms. The Bertz CT molecular complexity index is 731. The Morgan fingerprint density at radius 1 is 0.857 bits per heavy atom. The van der Waals surface area contributed by atoms with Crippen molar-refractivity contribution in [1.82, 2.24) is 0 Å². The van der Waals surface area contributed by atoms with Crippen molar-refractivity contribution in [3.63, 3.8) is 0 Å². The molecule has 0 aromatic heterocycles. The Balaban J connectivity index is 2.57. The summed E-state index contributed by atoms with van der Waals surface area (Å²) in [6.07, 6.45) is 0. The van der Waals surface area contributed by atoms with Gasteiger partial charge in [0.1, 0.15) is 0 Å². The molecular formula is C18H22O2S. The predicted octanol–water partition coefficient (Wildman–Crippen LogP) is 4.57. The fourth-order valence-corrected chi connectivity index (χ4v) is 4.44. The Hall–Kier alpha value is -1.61. The highest BCUT2D eigenvalue weighted by Gasteiger charge is 2.22. The highest BCUT2D eigenvalue weighted by molar-refractivity contribution is 7.91. The minimum absolute atomic E-state index is 0.363. The van der Waals surface area contributed by atoms with Crippen molar-refractivity contribution in [2.75, 3.05) is 0 Å². The summed E-state index contributed by atoms with van der Waals surface area (Å²) in [5.74, 6) is 0.393. The molecule has 0 N–H and O–H groups in total. The molecule has 0 atom stereocenters. The topological polar surface area (TPSA) is 34.1 Å². The third kappa shape index (κ3) is 3.03. The fourth-order valence-electron chi connectivity index (χ4n) is 2.74. The zero-order valence-electron chi connectivity index (χ0n) is 13.3. The Labute approximate surface area is 127 Å².